The lowest BCUT2D eigenvalue weighted by atomic mass is 9.84. The minimum atomic E-state index is -0.225. The van der Waals surface area contributed by atoms with Gasteiger partial charge >= 0.3 is 0 Å². The predicted octanol–water partition coefficient (Wildman–Crippen LogP) is 2.45. The Morgan fingerprint density at radius 3 is 2.12 bits per heavy atom. The van der Waals surface area contributed by atoms with E-state index in [0.29, 0.717) is 21.2 Å². The molecule has 34 heavy (non-hydrogen) atoms. The molecule has 1 N–H and O–H groups in total. The minimum Gasteiger partial charge on any atom is -0.871 e. The Labute approximate surface area is 207 Å². The van der Waals surface area contributed by atoms with Gasteiger partial charge in [0.05, 0.1) is 35.3 Å². The molecule has 2 heterocycles. The van der Waals surface area contributed by atoms with Gasteiger partial charge < -0.3 is 14.9 Å². The molecule has 1 unspecified atom stereocenters. The van der Waals surface area contributed by atoms with Crippen LogP contribution in [0.25, 0.3) is 16.8 Å². The average molecular weight is 489 g/mol. The molecular formula is C26H24N4O2S2. The van der Waals surface area contributed by atoms with Gasteiger partial charge in [-0.3, -0.25) is 4.79 Å². The number of quaternary nitrogens is 1. The molecule has 172 valence electrons. The second kappa shape index (κ2) is 8.87. The first kappa shape index (κ1) is 22.6. The van der Waals surface area contributed by atoms with Crippen LogP contribution in [-0.2, 0) is 4.79 Å². The fraction of sp³-hybridized carbons (Fsp3) is 0.192. The SMILES string of the molecule is CN(C)c1nc(-c2ccccc2)c(C2=C([O-])/C(=C3\SC([NH+](C)C)N=C3c3ccccc3)C2=O)s1. The minimum absolute atomic E-state index is 0.106. The fourth-order valence-corrected chi connectivity index (χ4v) is 6.12. The van der Waals surface area contributed by atoms with Crippen LogP contribution in [0.1, 0.15) is 10.4 Å². The molecule has 2 aliphatic rings. The molecule has 1 aromatic heterocycles. The zero-order valence-electron chi connectivity index (χ0n) is 19.3. The molecule has 5 rings (SSSR count). The first-order chi connectivity index (χ1) is 16.4. The van der Waals surface area contributed by atoms with Crippen LogP contribution in [0.5, 0.6) is 0 Å². The highest BCUT2D eigenvalue weighted by Gasteiger charge is 2.40. The monoisotopic (exact) mass is 488 g/mol. The van der Waals surface area contributed by atoms with Gasteiger partial charge in [-0.1, -0.05) is 77.8 Å². The molecule has 1 aliphatic heterocycles. The first-order valence-electron chi connectivity index (χ1n) is 10.9. The number of nitrogens with one attached hydrogen (secondary N) is 1. The Hall–Kier alpha value is -3.20. The molecule has 0 spiro atoms. The van der Waals surface area contributed by atoms with E-state index >= 15 is 0 Å². The van der Waals surface area contributed by atoms with Crippen molar-refractivity contribution in [3.05, 3.63) is 87.3 Å². The quantitative estimate of drug-likeness (QED) is 0.559. The molecule has 1 aliphatic carbocycles. The van der Waals surface area contributed by atoms with Crippen molar-refractivity contribution in [2.75, 3.05) is 33.1 Å². The van der Waals surface area contributed by atoms with E-state index in [4.69, 9.17) is 9.98 Å². The Morgan fingerprint density at radius 2 is 1.56 bits per heavy atom. The van der Waals surface area contributed by atoms with Gasteiger partial charge in [0.25, 0.3) is 0 Å². The molecule has 2 aromatic carbocycles. The van der Waals surface area contributed by atoms with Crippen LogP contribution < -0.4 is 14.9 Å². The Balaban J connectivity index is 1.65. The highest BCUT2D eigenvalue weighted by atomic mass is 32.2. The number of allylic oxidation sites excluding steroid dienone is 3. The summed E-state index contributed by atoms with van der Waals surface area (Å²) in [6.45, 7) is 0. The lowest BCUT2D eigenvalue weighted by Gasteiger charge is -2.31. The summed E-state index contributed by atoms with van der Waals surface area (Å²) in [5.41, 5.74) is 3.54. The summed E-state index contributed by atoms with van der Waals surface area (Å²) in [5.74, 6) is -0.451. The van der Waals surface area contributed by atoms with E-state index < -0.39 is 0 Å². The third-order valence-corrected chi connectivity index (χ3v) is 8.31. The second-order valence-electron chi connectivity index (χ2n) is 8.56. The molecule has 0 radical (unpaired) electrons. The van der Waals surface area contributed by atoms with Crippen molar-refractivity contribution in [1.82, 2.24) is 4.98 Å². The maximum atomic E-state index is 13.6. The number of ketones is 1. The number of hydrogen-bond donors (Lipinski definition) is 1. The summed E-state index contributed by atoms with van der Waals surface area (Å²) in [6.07, 6.45) is 0. The largest absolute Gasteiger partial charge is 0.871 e. The summed E-state index contributed by atoms with van der Waals surface area (Å²) in [4.78, 5) is 27.5. The van der Waals surface area contributed by atoms with E-state index in [1.165, 1.54) is 23.1 Å². The van der Waals surface area contributed by atoms with Gasteiger partial charge in [-0.15, -0.1) is 0 Å². The average Bonchev–Trinajstić information content (AvgIpc) is 3.46. The number of benzene rings is 2. The van der Waals surface area contributed by atoms with Gasteiger partial charge in [0.15, 0.2) is 10.9 Å². The molecule has 8 heteroatoms. The summed E-state index contributed by atoms with van der Waals surface area (Å²) in [5, 5.41) is 14.3. The standard InChI is InChI=1S/C26H24N4O2S2/c1-29(2)25-27-19(15-11-7-5-8-12-15)23(33-25)17-21(31)18(22(17)32)24-20(16-13-9-6-10-14-16)28-26(34-24)30(3)4/h5-14,25,31H,1-4H3/b23-17+. The van der Waals surface area contributed by atoms with Crippen LogP contribution in [-0.4, -0.2) is 50.2 Å². The fourth-order valence-electron chi connectivity index (χ4n) is 3.86. The summed E-state index contributed by atoms with van der Waals surface area (Å²) >= 11 is 2.86. The zero-order valence-corrected chi connectivity index (χ0v) is 21.0. The number of thiazole rings is 1. The first-order valence-corrected chi connectivity index (χ1v) is 12.6. The van der Waals surface area contributed by atoms with Crippen LogP contribution >= 0.6 is 23.1 Å². The Kier molecular flexibility index (Phi) is 5.89. The molecule has 0 fully saturated rings. The molecule has 1 atom stereocenters. The third kappa shape index (κ3) is 3.77. The van der Waals surface area contributed by atoms with Crippen molar-refractivity contribution >= 4 is 45.3 Å². The highest BCUT2D eigenvalue weighted by Crippen LogP contribution is 2.47. The van der Waals surface area contributed by atoms with Gasteiger partial charge in [0, 0.05) is 36.4 Å². The number of hydrogen-bond acceptors (Lipinski definition) is 7. The van der Waals surface area contributed by atoms with Crippen molar-refractivity contribution in [2.24, 2.45) is 4.99 Å². The second-order valence-corrected chi connectivity index (χ2v) is 10.6. The highest BCUT2D eigenvalue weighted by molar-refractivity contribution is 8.04. The molecule has 3 aromatic rings. The molecular weight excluding hydrogens is 464 g/mol. The number of nitrogens with zero attached hydrogens (tertiary/aromatic N) is 3. The normalized spacial score (nSPS) is 20.1. The van der Waals surface area contributed by atoms with Crippen LogP contribution in [0.4, 0.5) is 5.13 Å². The lowest BCUT2D eigenvalue weighted by Crippen LogP contribution is -3.08. The number of aromatic nitrogens is 1. The van der Waals surface area contributed by atoms with E-state index in [-0.39, 0.29) is 28.2 Å². The zero-order chi connectivity index (χ0) is 24.0. The van der Waals surface area contributed by atoms with Crippen molar-refractivity contribution in [3.63, 3.8) is 0 Å². The topological polar surface area (TPSA) is 73.1 Å². The van der Waals surface area contributed by atoms with Gasteiger partial charge in [0.1, 0.15) is 0 Å². The number of Topliss-reactive ketones (excluding diaryl/α,β-unsaturated/α-hetero) is 1. The van der Waals surface area contributed by atoms with Crippen molar-refractivity contribution in [3.8, 4) is 11.3 Å². The third-order valence-electron chi connectivity index (χ3n) is 5.64. The van der Waals surface area contributed by atoms with E-state index in [0.717, 1.165) is 21.2 Å². The molecule has 0 amide bonds. The van der Waals surface area contributed by atoms with Crippen molar-refractivity contribution in [2.45, 2.75) is 5.50 Å². The Morgan fingerprint density at radius 1 is 0.941 bits per heavy atom. The maximum absolute atomic E-state index is 13.6. The van der Waals surface area contributed by atoms with Crippen LogP contribution in [0.3, 0.4) is 0 Å². The number of thioether (sulfide) groups is 1. The van der Waals surface area contributed by atoms with Crippen LogP contribution in [0.2, 0.25) is 0 Å². The molecule has 0 saturated heterocycles. The summed E-state index contributed by atoms with van der Waals surface area (Å²) in [7, 11) is 7.85. The molecule has 0 saturated carbocycles. The van der Waals surface area contributed by atoms with E-state index in [9.17, 15) is 9.90 Å². The number of carbonyl (C=O) groups is 1. The maximum Gasteiger partial charge on any atom is 0.234 e. The van der Waals surface area contributed by atoms with Gasteiger partial charge in [-0.05, 0) is 11.8 Å². The van der Waals surface area contributed by atoms with E-state index in [2.05, 4.69) is 0 Å². The number of anilines is 1. The molecule has 0 bridgehead atoms. The molecule has 6 nitrogen and oxygen atoms in total. The number of rotatable bonds is 5. The summed E-state index contributed by atoms with van der Waals surface area (Å²) in [6, 6.07) is 19.4. The number of aliphatic imine (C=N–C) groups is 1. The predicted molar refractivity (Wildman–Crippen MR) is 138 cm³/mol. The summed E-state index contributed by atoms with van der Waals surface area (Å²) < 4.78 is 0. The lowest BCUT2D eigenvalue weighted by molar-refractivity contribution is -0.868. The Bertz CT molecular complexity index is 1360. The van der Waals surface area contributed by atoms with Gasteiger partial charge in [0.2, 0.25) is 5.50 Å². The van der Waals surface area contributed by atoms with Crippen molar-refractivity contribution in [1.29, 1.82) is 0 Å². The van der Waals surface area contributed by atoms with Crippen molar-refractivity contribution < 1.29 is 14.8 Å². The van der Waals surface area contributed by atoms with Crippen LogP contribution in [0.15, 0.2) is 81.9 Å². The number of carbonyl (C=O) groups excluding carboxylic acids is 1. The van der Waals surface area contributed by atoms with Gasteiger partial charge in [-0.25, -0.2) is 9.98 Å². The smallest absolute Gasteiger partial charge is 0.234 e. The van der Waals surface area contributed by atoms with Crippen LogP contribution in [0, 0.1) is 0 Å². The van der Waals surface area contributed by atoms with E-state index in [1.54, 1.807) is 0 Å². The van der Waals surface area contributed by atoms with Gasteiger partial charge in [-0.2, -0.15) is 0 Å². The van der Waals surface area contributed by atoms with E-state index in [1.807, 2.05) is 93.8 Å².